The summed E-state index contributed by atoms with van der Waals surface area (Å²) in [5.41, 5.74) is 1.59. The Labute approximate surface area is 129 Å². The molecule has 2 aromatic rings. The van der Waals surface area contributed by atoms with Gasteiger partial charge in [0.1, 0.15) is 23.6 Å². The number of carbonyl (C=O) groups is 1. The van der Waals surface area contributed by atoms with Crippen molar-refractivity contribution in [2.24, 2.45) is 5.92 Å². The number of benzene rings is 1. The molecular weight excluding hydrogens is 278 g/mol. The Morgan fingerprint density at radius 2 is 2.23 bits per heavy atom. The van der Waals surface area contributed by atoms with Gasteiger partial charge >= 0.3 is 0 Å². The lowest BCUT2D eigenvalue weighted by Gasteiger charge is -2.21. The number of nitrogens with zero attached hydrogens (tertiary/aromatic N) is 2. The van der Waals surface area contributed by atoms with Crippen LogP contribution in [0.2, 0.25) is 0 Å². The molecule has 0 unspecified atom stereocenters. The number of carbonyl (C=O) groups excluding carboxylic acids is 1. The number of ether oxygens (including phenoxy) is 1. The number of para-hydroxylation sites is 1. The number of rotatable bonds is 4. The molecule has 22 heavy (non-hydrogen) atoms. The van der Waals surface area contributed by atoms with Crippen LogP contribution in [0.3, 0.4) is 0 Å². The summed E-state index contributed by atoms with van der Waals surface area (Å²) in [4.78, 5) is 12.6. The summed E-state index contributed by atoms with van der Waals surface area (Å²) in [6.45, 7) is 3.50. The maximum Gasteiger partial charge on any atom is 0.183 e. The predicted octanol–water partition coefficient (Wildman–Crippen LogP) is 2.39. The number of piperidine rings is 1. The van der Waals surface area contributed by atoms with E-state index in [0.717, 1.165) is 42.7 Å². The molecule has 1 aromatic carbocycles. The van der Waals surface area contributed by atoms with Crippen LogP contribution in [0.4, 0.5) is 0 Å². The Kier molecular flexibility index (Phi) is 3.58. The molecule has 116 valence electrons. The number of nitrogens with one attached hydrogen (secondary N) is 1. The van der Waals surface area contributed by atoms with Gasteiger partial charge in [-0.3, -0.25) is 9.48 Å². The Balaban J connectivity index is 1.56. The Bertz CT molecular complexity index is 701. The summed E-state index contributed by atoms with van der Waals surface area (Å²) in [7, 11) is 0. The van der Waals surface area contributed by atoms with Crippen LogP contribution in [0.1, 0.15) is 36.2 Å². The molecule has 1 saturated heterocycles. The largest absolute Gasteiger partial charge is 0.489 e. The molecule has 0 amide bonds. The van der Waals surface area contributed by atoms with Gasteiger partial charge in [-0.05, 0) is 44.3 Å². The topological polar surface area (TPSA) is 56.2 Å². The van der Waals surface area contributed by atoms with Crippen molar-refractivity contribution in [3.8, 4) is 5.75 Å². The highest BCUT2D eigenvalue weighted by atomic mass is 16.5. The highest BCUT2D eigenvalue weighted by molar-refractivity contribution is 6.07. The first-order valence-electron chi connectivity index (χ1n) is 8.19. The molecule has 0 radical (unpaired) electrons. The Morgan fingerprint density at radius 3 is 3.09 bits per heavy atom. The van der Waals surface area contributed by atoms with Crippen LogP contribution >= 0.6 is 0 Å². The number of aromatic nitrogens is 2. The summed E-state index contributed by atoms with van der Waals surface area (Å²) in [6.07, 6.45) is 3.94. The lowest BCUT2D eigenvalue weighted by Crippen LogP contribution is -2.28. The molecule has 4 rings (SSSR count). The minimum atomic E-state index is 0.168. The second-order valence-electron chi connectivity index (χ2n) is 6.23. The van der Waals surface area contributed by atoms with Gasteiger partial charge in [0.05, 0.1) is 6.54 Å². The lowest BCUT2D eigenvalue weighted by atomic mass is 9.91. The number of ketones is 1. The molecule has 2 aliphatic rings. The van der Waals surface area contributed by atoms with Crippen molar-refractivity contribution >= 4 is 16.7 Å². The van der Waals surface area contributed by atoms with Gasteiger partial charge in [-0.2, -0.15) is 5.10 Å². The van der Waals surface area contributed by atoms with E-state index in [9.17, 15) is 4.79 Å². The van der Waals surface area contributed by atoms with Gasteiger partial charge in [0.25, 0.3) is 0 Å². The fourth-order valence-electron chi connectivity index (χ4n) is 3.55. The molecule has 0 bridgehead atoms. The molecule has 2 aliphatic heterocycles. The van der Waals surface area contributed by atoms with Crippen LogP contribution in [0.25, 0.3) is 10.9 Å². The average molecular weight is 299 g/mol. The van der Waals surface area contributed by atoms with Crippen molar-refractivity contribution in [1.29, 1.82) is 0 Å². The molecule has 5 nitrogen and oxygen atoms in total. The van der Waals surface area contributed by atoms with Crippen molar-refractivity contribution in [1.82, 2.24) is 15.1 Å². The third-order valence-corrected chi connectivity index (χ3v) is 4.80. The van der Waals surface area contributed by atoms with Crippen LogP contribution < -0.4 is 10.1 Å². The first kappa shape index (κ1) is 13.8. The second kappa shape index (κ2) is 5.72. The molecule has 3 heterocycles. The lowest BCUT2D eigenvalue weighted by molar-refractivity contribution is 0.0966. The molecule has 5 heteroatoms. The molecular formula is C17H21N3O2. The van der Waals surface area contributed by atoms with E-state index >= 15 is 0 Å². The van der Waals surface area contributed by atoms with Gasteiger partial charge in [-0.1, -0.05) is 12.1 Å². The van der Waals surface area contributed by atoms with Gasteiger partial charge in [-0.15, -0.1) is 0 Å². The molecule has 1 fully saturated rings. The molecule has 0 spiro atoms. The van der Waals surface area contributed by atoms with Crippen molar-refractivity contribution in [2.45, 2.75) is 32.2 Å². The minimum absolute atomic E-state index is 0.168. The highest BCUT2D eigenvalue weighted by Crippen LogP contribution is 2.31. The minimum Gasteiger partial charge on any atom is -0.489 e. The van der Waals surface area contributed by atoms with Crippen molar-refractivity contribution in [3.63, 3.8) is 0 Å². The predicted molar refractivity (Wildman–Crippen MR) is 84.4 cm³/mol. The van der Waals surface area contributed by atoms with Crippen molar-refractivity contribution < 1.29 is 9.53 Å². The second-order valence-corrected chi connectivity index (χ2v) is 6.23. The monoisotopic (exact) mass is 299 g/mol. The molecule has 0 aliphatic carbocycles. The average Bonchev–Trinajstić information content (AvgIpc) is 2.95. The first-order chi connectivity index (χ1) is 10.8. The van der Waals surface area contributed by atoms with E-state index in [1.54, 1.807) is 0 Å². The summed E-state index contributed by atoms with van der Waals surface area (Å²) in [5.74, 6) is 1.68. The van der Waals surface area contributed by atoms with Crippen LogP contribution in [0.5, 0.6) is 5.75 Å². The van der Waals surface area contributed by atoms with Gasteiger partial charge in [0, 0.05) is 11.8 Å². The molecule has 1 aromatic heterocycles. The van der Waals surface area contributed by atoms with Crippen LogP contribution in [-0.2, 0) is 6.54 Å². The van der Waals surface area contributed by atoms with Crippen molar-refractivity contribution in [3.05, 3.63) is 23.9 Å². The summed E-state index contributed by atoms with van der Waals surface area (Å²) < 4.78 is 7.59. The van der Waals surface area contributed by atoms with E-state index in [1.807, 2.05) is 22.9 Å². The quantitative estimate of drug-likeness (QED) is 0.881. The van der Waals surface area contributed by atoms with E-state index in [1.165, 1.54) is 12.8 Å². The SMILES string of the molecule is O=C(CCC1CCNCC1)c1nn2c3c(cccc13)OCC2. The standard InChI is InChI=1S/C17H21N3O2/c21-14(5-4-12-6-8-18-9-7-12)16-13-2-1-3-15-17(13)20(19-16)10-11-22-15/h1-3,12,18H,4-11H2. The van der Waals surface area contributed by atoms with Crippen molar-refractivity contribution in [2.75, 3.05) is 19.7 Å². The van der Waals surface area contributed by atoms with E-state index in [0.29, 0.717) is 24.6 Å². The number of Topliss-reactive ketones (excluding diaryl/α,β-unsaturated/α-hetero) is 1. The zero-order chi connectivity index (χ0) is 14.9. The molecule has 0 atom stereocenters. The zero-order valence-corrected chi connectivity index (χ0v) is 12.7. The highest BCUT2D eigenvalue weighted by Gasteiger charge is 2.23. The Morgan fingerprint density at radius 1 is 1.36 bits per heavy atom. The normalized spacial score (nSPS) is 18.4. The third-order valence-electron chi connectivity index (χ3n) is 4.80. The van der Waals surface area contributed by atoms with E-state index in [2.05, 4.69) is 10.4 Å². The first-order valence-corrected chi connectivity index (χ1v) is 8.19. The molecule has 0 saturated carbocycles. The van der Waals surface area contributed by atoms with Gasteiger partial charge in [-0.25, -0.2) is 0 Å². The van der Waals surface area contributed by atoms with E-state index < -0.39 is 0 Å². The van der Waals surface area contributed by atoms with Gasteiger partial charge in [0.15, 0.2) is 5.78 Å². The van der Waals surface area contributed by atoms with Crippen LogP contribution in [0.15, 0.2) is 18.2 Å². The fraction of sp³-hybridized carbons (Fsp3) is 0.529. The van der Waals surface area contributed by atoms with E-state index in [-0.39, 0.29) is 5.78 Å². The fourth-order valence-corrected chi connectivity index (χ4v) is 3.55. The summed E-state index contributed by atoms with van der Waals surface area (Å²) in [5, 5.41) is 8.86. The number of hydrogen-bond donors (Lipinski definition) is 1. The zero-order valence-electron chi connectivity index (χ0n) is 12.7. The van der Waals surface area contributed by atoms with Crippen LogP contribution in [0, 0.1) is 5.92 Å². The van der Waals surface area contributed by atoms with Gasteiger partial charge in [0.2, 0.25) is 0 Å². The maximum absolute atomic E-state index is 12.6. The molecule has 1 N–H and O–H groups in total. The third kappa shape index (κ3) is 2.39. The number of hydrogen-bond acceptors (Lipinski definition) is 4. The Hall–Kier alpha value is -1.88. The van der Waals surface area contributed by atoms with Gasteiger partial charge < -0.3 is 10.1 Å². The smallest absolute Gasteiger partial charge is 0.183 e. The van der Waals surface area contributed by atoms with E-state index in [4.69, 9.17) is 4.74 Å². The van der Waals surface area contributed by atoms with Crippen LogP contribution in [-0.4, -0.2) is 35.3 Å². The summed E-state index contributed by atoms with van der Waals surface area (Å²) >= 11 is 0. The maximum atomic E-state index is 12.6. The summed E-state index contributed by atoms with van der Waals surface area (Å²) in [6, 6.07) is 5.87.